The molecule has 0 bridgehead atoms. The van der Waals surface area contributed by atoms with Crippen molar-refractivity contribution in [3.63, 3.8) is 0 Å². The van der Waals surface area contributed by atoms with Crippen LogP contribution in [-0.4, -0.2) is 4.98 Å². The second kappa shape index (κ2) is 2.49. The minimum atomic E-state index is 0.793. The molecule has 0 aliphatic rings. The third kappa shape index (κ3) is 1.42. The van der Waals surface area contributed by atoms with Crippen LogP contribution in [0.2, 0.25) is 0 Å². The van der Waals surface area contributed by atoms with Gasteiger partial charge >= 0.3 is 0 Å². The standard InChI is InChI=1S/C7H10N2/c1-2-7-5-6(8)3-4-9-7/h3-5H,2H2,1H3,(H2,8,9)/i7+2. The zero-order valence-corrected chi connectivity index (χ0v) is 5.46. The Morgan fingerprint density at radius 2 is 2.56 bits per heavy atom. The molecule has 0 radical (unpaired) electrons. The van der Waals surface area contributed by atoms with E-state index in [1.54, 1.807) is 12.3 Å². The fourth-order valence-electron chi connectivity index (χ4n) is 0.690. The van der Waals surface area contributed by atoms with Crippen LogP contribution in [0.15, 0.2) is 18.3 Å². The molecule has 1 aromatic rings. The van der Waals surface area contributed by atoms with Crippen molar-refractivity contribution in [1.82, 2.24) is 4.98 Å². The largest absolute Gasteiger partial charge is 0.399 e. The molecule has 0 fully saturated rings. The molecule has 0 saturated heterocycles. The minimum absolute atomic E-state index is 0.793. The Kier molecular flexibility index (Phi) is 1.68. The van der Waals surface area contributed by atoms with E-state index in [2.05, 4.69) is 11.9 Å². The first-order valence-corrected chi connectivity index (χ1v) is 3.03. The first-order valence-electron chi connectivity index (χ1n) is 3.03. The van der Waals surface area contributed by atoms with E-state index in [0.717, 1.165) is 17.8 Å². The number of hydrogen-bond acceptors (Lipinski definition) is 2. The third-order valence-corrected chi connectivity index (χ3v) is 1.20. The average Bonchev–Trinajstić information content (AvgIpc) is 1.88. The molecule has 0 unspecified atom stereocenters. The second-order valence-electron chi connectivity index (χ2n) is 1.93. The number of aromatic nitrogens is 1. The molecule has 0 aliphatic heterocycles. The lowest BCUT2D eigenvalue weighted by Gasteiger charge is -1.94. The molecule has 0 amide bonds. The van der Waals surface area contributed by atoms with Crippen LogP contribution in [0.25, 0.3) is 0 Å². The molecule has 1 aromatic heterocycles. The summed E-state index contributed by atoms with van der Waals surface area (Å²) < 4.78 is 0. The lowest BCUT2D eigenvalue weighted by atomic mass is 10.5. The van der Waals surface area contributed by atoms with Crippen molar-refractivity contribution in [3.8, 4) is 0 Å². The predicted molar refractivity (Wildman–Crippen MR) is 38.0 cm³/mol. The SMILES string of the molecule is CC[14c]1cc(N)ccn1. The average molecular weight is 124 g/mol. The molecule has 0 aliphatic carbocycles. The Morgan fingerprint density at radius 3 is 3.00 bits per heavy atom. The lowest BCUT2D eigenvalue weighted by molar-refractivity contribution is 1.04. The summed E-state index contributed by atoms with van der Waals surface area (Å²) in [6, 6.07) is 3.68. The highest BCUT2D eigenvalue weighted by atomic mass is 15.2. The number of hydrogen-bond donors (Lipinski definition) is 1. The Hall–Kier alpha value is -1.05. The Balaban J connectivity index is 2.94. The molecule has 2 nitrogen and oxygen atoms in total. The summed E-state index contributed by atoms with van der Waals surface area (Å²) in [4.78, 5) is 4.08. The van der Waals surface area contributed by atoms with Gasteiger partial charge in [0.2, 0.25) is 0 Å². The van der Waals surface area contributed by atoms with Crippen molar-refractivity contribution >= 4 is 5.69 Å². The van der Waals surface area contributed by atoms with Crippen molar-refractivity contribution < 1.29 is 0 Å². The summed E-state index contributed by atoms with van der Waals surface area (Å²) in [7, 11) is 0. The molecule has 0 atom stereocenters. The second-order valence-corrected chi connectivity index (χ2v) is 1.93. The normalized spacial score (nSPS) is 9.44. The van der Waals surface area contributed by atoms with Gasteiger partial charge in [0.15, 0.2) is 0 Å². The number of aryl methyl sites for hydroxylation is 1. The maximum absolute atomic E-state index is 5.49. The van der Waals surface area contributed by atoms with Gasteiger partial charge in [-0.2, -0.15) is 0 Å². The van der Waals surface area contributed by atoms with E-state index < -0.39 is 0 Å². The molecule has 48 valence electrons. The van der Waals surface area contributed by atoms with Crippen LogP contribution in [0.4, 0.5) is 5.69 Å². The number of nitrogens with two attached hydrogens (primary N) is 1. The maximum atomic E-state index is 5.49. The zero-order valence-electron chi connectivity index (χ0n) is 5.46. The van der Waals surface area contributed by atoms with Gasteiger partial charge in [0.05, 0.1) is 0 Å². The number of anilines is 1. The molecule has 1 rings (SSSR count). The highest BCUT2D eigenvalue weighted by Gasteiger charge is 1.87. The summed E-state index contributed by atoms with van der Waals surface area (Å²) >= 11 is 0. The first kappa shape index (κ1) is 6.08. The monoisotopic (exact) mass is 124 g/mol. The lowest BCUT2D eigenvalue weighted by Crippen LogP contribution is -1.89. The number of nitrogens with zero attached hydrogens (tertiary/aromatic N) is 1. The number of nitrogen functional groups attached to an aromatic ring is 1. The van der Waals surface area contributed by atoms with E-state index in [0.29, 0.717) is 0 Å². The van der Waals surface area contributed by atoms with E-state index in [4.69, 9.17) is 5.73 Å². The van der Waals surface area contributed by atoms with Crippen LogP contribution in [0.1, 0.15) is 12.6 Å². The Bertz CT molecular complexity index is 196. The fraction of sp³-hybridized carbons (Fsp3) is 0.286. The summed E-state index contributed by atoms with van der Waals surface area (Å²) in [6.45, 7) is 2.06. The van der Waals surface area contributed by atoms with Crippen LogP contribution in [0.5, 0.6) is 0 Å². The van der Waals surface area contributed by atoms with Crippen molar-refractivity contribution in [2.24, 2.45) is 0 Å². The van der Waals surface area contributed by atoms with Gasteiger partial charge in [0, 0.05) is 17.6 Å². The summed E-state index contributed by atoms with van der Waals surface area (Å²) in [5, 5.41) is 0. The molecule has 2 N–H and O–H groups in total. The van der Waals surface area contributed by atoms with Gasteiger partial charge in [0.25, 0.3) is 0 Å². The van der Waals surface area contributed by atoms with E-state index in [-0.39, 0.29) is 0 Å². The van der Waals surface area contributed by atoms with Gasteiger partial charge in [-0.15, -0.1) is 0 Å². The van der Waals surface area contributed by atoms with Gasteiger partial charge < -0.3 is 5.73 Å². The maximum Gasteiger partial charge on any atom is 0.0421 e. The van der Waals surface area contributed by atoms with E-state index >= 15 is 0 Å². The Morgan fingerprint density at radius 1 is 1.78 bits per heavy atom. The van der Waals surface area contributed by atoms with Gasteiger partial charge in [0.1, 0.15) is 0 Å². The molecule has 0 spiro atoms. The van der Waals surface area contributed by atoms with E-state index in [1.165, 1.54) is 0 Å². The highest BCUT2D eigenvalue weighted by molar-refractivity contribution is 5.36. The molecule has 1 heterocycles. The van der Waals surface area contributed by atoms with Gasteiger partial charge in [-0.25, -0.2) is 0 Å². The van der Waals surface area contributed by atoms with Crippen molar-refractivity contribution in [3.05, 3.63) is 24.0 Å². The zero-order chi connectivity index (χ0) is 6.69. The minimum Gasteiger partial charge on any atom is -0.399 e. The molecular weight excluding hydrogens is 114 g/mol. The van der Waals surface area contributed by atoms with Gasteiger partial charge in [-0.1, -0.05) is 6.92 Å². The van der Waals surface area contributed by atoms with Crippen LogP contribution in [0.3, 0.4) is 0 Å². The fourth-order valence-corrected chi connectivity index (χ4v) is 0.690. The van der Waals surface area contributed by atoms with Crippen molar-refractivity contribution in [1.29, 1.82) is 0 Å². The molecule has 0 saturated carbocycles. The van der Waals surface area contributed by atoms with Gasteiger partial charge in [-0.05, 0) is 18.6 Å². The number of rotatable bonds is 1. The van der Waals surface area contributed by atoms with Crippen molar-refractivity contribution in [2.45, 2.75) is 13.3 Å². The van der Waals surface area contributed by atoms with Crippen LogP contribution in [0, 0.1) is 0 Å². The topological polar surface area (TPSA) is 38.9 Å². The third-order valence-electron chi connectivity index (χ3n) is 1.20. The smallest absolute Gasteiger partial charge is 0.0421 e. The molecule has 2 heteroatoms. The molecular formula is C7H10N2. The summed E-state index contributed by atoms with van der Waals surface area (Å²) in [6.07, 6.45) is 2.68. The Labute approximate surface area is 54.7 Å². The van der Waals surface area contributed by atoms with Crippen molar-refractivity contribution in [2.75, 3.05) is 5.73 Å². The van der Waals surface area contributed by atoms with Crippen LogP contribution in [-0.2, 0) is 6.42 Å². The van der Waals surface area contributed by atoms with Gasteiger partial charge in [-0.3, -0.25) is 4.98 Å². The van der Waals surface area contributed by atoms with Crippen LogP contribution >= 0.6 is 0 Å². The number of pyridine rings is 1. The van der Waals surface area contributed by atoms with Crippen LogP contribution < -0.4 is 5.73 Å². The molecule has 9 heavy (non-hydrogen) atoms. The van der Waals surface area contributed by atoms with E-state index in [9.17, 15) is 0 Å². The summed E-state index contributed by atoms with van der Waals surface area (Å²) in [5.41, 5.74) is 7.34. The highest BCUT2D eigenvalue weighted by Crippen LogP contribution is 2.01. The van der Waals surface area contributed by atoms with E-state index in [1.807, 2.05) is 6.07 Å². The first-order chi connectivity index (χ1) is 4.33. The quantitative estimate of drug-likeness (QED) is 0.611. The summed E-state index contributed by atoms with van der Waals surface area (Å²) in [5.74, 6) is 0. The molecule has 0 aromatic carbocycles. The predicted octanol–water partition coefficient (Wildman–Crippen LogP) is 1.23.